The monoisotopic (exact) mass is 241 g/mol. The van der Waals surface area contributed by atoms with Crippen LogP contribution < -0.4 is 0 Å². The van der Waals surface area contributed by atoms with E-state index in [1.54, 1.807) is 0 Å². The molecule has 0 N–H and O–H groups in total. The summed E-state index contributed by atoms with van der Waals surface area (Å²) in [6, 6.07) is 9.50. The number of carbonyl (C=O) groups is 1. The molecule has 1 amide bonds. The first-order valence-corrected chi connectivity index (χ1v) is 6.48. The van der Waals surface area contributed by atoms with E-state index in [-0.39, 0.29) is 11.5 Å². The van der Waals surface area contributed by atoms with Gasteiger partial charge in [-0.2, -0.15) is 0 Å². The molecule has 3 heteroatoms. The Balaban J connectivity index is 1.59. The predicted molar refractivity (Wildman–Crippen MR) is 67.2 cm³/mol. The Hall–Kier alpha value is -1.61. The number of ether oxygens (including phenoxy) is 1. The summed E-state index contributed by atoms with van der Waals surface area (Å²) < 4.78 is 6.00. The lowest BCUT2D eigenvalue weighted by Crippen LogP contribution is -2.35. The van der Waals surface area contributed by atoms with Crippen molar-refractivity contribution in [3.63, 3.8) is 0 Å². The van der Waals surface area contributed by atoms with E-state index in [1.807, 2.05) is 35.2 Å². The smallest absolute Gasteiger partial charge is 0.253 e. The van der Waals surface area contributed by atoms with Gasteiger partial charge in [-0.15, -0.1) is 0 Å². The van der Waals surface area contributed by atoms with E-state index in [2.05, 4.69) is 12.2 Å². The maximum absolute atomic E-state index is 12.4. The van der Waals surface area contributed by atoms with Crippen LogP contribution in [0.4, 0.5) is 0 Å². The van der Waals surface area contributed by atoms with Crippen molar-refractivity contribution in [2.45, 2.75) is 18.1 Å². The number of hydrogen-bond donors (Lipinski definition) is 0. The average Bonchev–Trinajstić information content (AvgIpc) is 3.05. The van der Waals surface area contributed by atoms with Crippen LogP contribution >= 0.6 is 0 Å². The Bertz CT molecular complexity index is 525. The minimum Gasteiger partial charge on any atom is -0.361 e. The summed E-state index contributed by atoms with van der Waals surface area (Å²) >= 11 is 0. The summed E-state index contributed by atoms with van der Waals surface area (Å²) in [5.74, 6) is 0.611. The highest BCUT2D eigenvalue weighted by Gasteiger charge is 2.56. The van der Waals surface area contributed by atoms with Gasteiger partial charge in [0.25, 0.3) is 5.91 Å². The minimum absolute atomic E-state index is 0.125. The van der Waals surface area contributed by atoms with Crippen molar-refractivity contribution in [3.05, 3.63) is 48.0 Å². The fourth-order valence-electron chi connectivity index (χ4n) is 3.46. The van der Waals surface area contributed by atoms with Gasteiger partial charge in [-0.3, -0.25) is 4.79 Å². The van der Waals surface area contributed by atoms with Gasteiger partial charge in [-0.05, 0) is 18.6 Å². The van der Waals surface area contributed by atoms with Crippen molar-refractivity contribution < 1.29 is 9.53 Å². The van der Waals surface area contributed by atoms with Crippen molar-refractivity contribution in [2.24, 2.45) is 5.92 Å². The van der Waals surface area contributed by atoms with Gasteiger partial charge in [0.2, 0.25) is 0 Å². The highest BCUT2D eigenvalue weighted by atomic mass is 16.5. The van der Waals surface area contributed by atoms with E-state index in [1.165, 1.54) is 0 Å². The molecule has 0 radical (unpaired) electrons. The average molecular weight is 241 g/mol. The van der Waals surface area contributed by atoms with E-state index in [0.29, 0.717) is 18.6 Å². The molecule has 2 fully saturated rings. The third kappa shape index (κ3) is 1.31. The molecule has 0 saturated carbocycles. The van der Waals surface area contributed by atoms with Crippen molar-refractivity contribution >= 4 is 5.91 Å². The third-order valence-electron chi connectivity index (χ3n) is 4.36. The number of hydrogen-bond acceptors (Lipinski definition) is 2. The molecule has 0 aromatic heterocycles. The zero-order valence-corrected chi connectivity index (χ0v) is 10.1. The second-order valence-corrected chi connectivity index (χ2v) is 5.45. The first kappa shape index (κ1) is 10.3. The van der Waals surface area contributed by atoms with Gasteiger partial charge < -0.3 is 9.64 Å². The largest absolute Gasteiger partial charge is 0.361 e. The summed E-state index contributed by atoms with van der Waals surface area (Å²) in [5.41, 5.74) is 0.599. The van der Waals surface area contributed by atoms with E-state index in [9.17, 15) is 4.79 Å². The molecule has 1 aromatic rings. The number of carbonyl (C=O) groups excluding carboxylic acids is 1. The van der Waals surface area contributed by atoms with Crippen LogP contribution in [0.15, 0.2) is 42.5 Å². The van der Waals surface area contributed by atoms with Crippen LogP contribution in [-0.4, -0.2) is 35.6 Å². The topological polar surface area (TPSA) is 29.5 Å². The van der Waals surface area contributed by atoms with E-state index in [0.717, 1.165) is 18.5 Å². The zero-order chi connectivity index (χ0) is 12.2. The number of benzene rings is 1. The number of fused-ring (bicyclic) bond motifs is 1. The van der Waals surface area contributed by atoms with Gasteiger partial charge in [0, 0.05) is 18.0 Å². The van der Waals surface area contributed by atoms with Gasteiger partial charge >= 0.3 is 0 Å². The van der Waals surface area contributed by atoms with Crippen molar-refractivity contribution in [3.8, 4) is 0 Å². The van der Waals surface area contributed by atoms with E-state index in [4.69, 9.17) is 4.74 Å². The SMILES string of the molecule is O=C(c1ccccc1)N1CC2CC3C=CC2(C1)O3. The molecule has 0 aliphatic carbocycles. The van der Waals surface area contributed by atoms with Crippen LogP contribution in [0.5, 0.6) is 0 Å². The Kier molecular flexibility index (Phi) is 1.98. The molecule has 1 spiro atoms. The standard InChI is InChI=1S/C15H15NO2/c17-14(11-4-2-1-3-5-11)16-9-12-8-13-6-7-15(12,10-16)18-13/h1-7,12-13H,8-10H2. The number of likely N-dealkylation sites (tertiary alicyclic amines) is 1. The second-order valence-electron chi connectivity index (χ2n) is 5.45. The molecule has 3 heterocycles. The molecule has 1 aromatic carbocycles. The fraction of sp³-hybridized carbons (Fsp3) is 0.400. The third-order valence-corrected chi connectivity index (χ3v) is 4.36. The van der Waals surface area contributed by atoms with Gasteiger partial charge in [0.1, 0.15) is 5.60 Å². The highest BCUT2D eigenvalue weighted by Crippen LogP contribution is 2.47. The van der Waals surface area contributed by atoms with Crippen LogP contribution in [0.3, 0.4) is 0 Å². The Labute approximate surface area is 106 Å². The van der Waals surface area contributed by atoms with Crippen LogP contribution in [-0.2, 0) is 4.74 Å². The number of rotatable bonds is 1. The molecule has 4 rings (SSSR count). The summed E-state index contributed by atoms with van der Waals surface area (Å²) in [4.78, 5) is 14.3. The maximum Gasteiger partial charge on any atom is 0.253 e. The lowest BCUT2D eigenvalue weighted by molar-refractivity contribution is 0.0229. The molecule has 3 unspecified atom stereocenters. The van der Waals surface area contributed by atoms with Crippen LogP contribution in [0.2, 0.25) is 0 Å². The molecule has 18 heavy (non-hydrogen) atoms. The van der Waals surface area contributed by atoms with Gasteiger partial charge in [0.05, 0.1) is 12.6 Å². The molecular formula is C15H15NO2. The lowest BCUT2D eigenvalue weighted by atomic mass is 9.86. The Morgan fingerprint density at radius 1 is 1.33 bits per heavy atom. The maximum atomic E-state index is 12.4. The molecule has 2 saturated heterocycles. The van der Waals surface area contributed by atoms with Crippen molar-refractivity contribution in [1.29, 1.82) is 0 Å². The predicted octanol–water partition coefficient (Wildman–Crippen LogP) is 1.86. The molecule has 3 aliphatic rings. The molecule has 3 aliphatic heterocycles. The normalized spacial score (nSPS) is 36.1. The quantitative estimate of drug-likeness (QED) is 0.702. The molecule has 3 atom stereocenters. The van der Waals surface area contributed by atoms with Gasteiger partial charge in [-0.1, -0.05) is 30.4 Å². The molecule has 2 bridgehead atoms. The Morgan fingerprint density at radius 2 is 2.17 bits per heavy atom. The molecular weight excluding hydrogens is 226 g/mol. The van der Waals surface area contributed by atoms with Crippen LogP contribution in [0, 0.1) is 5.92 Å². The summed E-state index contributed by atoms with van der Waals surface area (Å²) in [6.45, 7) is 1.53. The molecule has 92 valence electrons. The van der Waals surface area contributed by atoms with Crippen molar-refractivity contribution in [1.82, 2.24) is 4.90 Å². The van der Waals surface area contributed by atoms with Gasteiger partial charge in [-0.25, -0.2) is 0 Å². The van der Waals surface area contributed by atoms with Gasteiger partial charge in [0.15, 0.2) is 0 Å². The fourth-order valence-corrected chi connectivity index (χ4v) is 3.46. The number of amides is 1. The van der Waals surface area contributed by atoms with E-state index < -0.39 is 0 Å². The lowest BCUT2D eigenvalue weighted by Gasteiger charge is -2.22. The van der Waals surface area contributed by atoms with Crippen molar-refractivity contribution in [2.75, 3.05) is 13.1 Å². The summed E-state index contributed by atoms with van der Waals surface area (Å²) in [5, 5.41) is 0. The highest BCUT2D eigenvalue weighted by molar-refractivity contribution is 5.94. The summed E-state index contributed by atoms with van der Waals surface area (Å²) in [7, 11) is 0. The van der Waals surface area contributed by atoms with E-state index >= 15 is 0 Å². The van der Waals surface area contributed by atoms with Crippen LogP contribution in [0.25, 0.3) is 0 Å². The first-order valence-electron chi connectivity index (χ1n) is 6.48. The second kappa shape index (κ2) is 3.45. The zero-order valence-electron chi connectivity index (χ0n) is 10.1. The summed E-state index contributed by atoms with van der Waals surface area (Å²) in [6.07, 6.45) is 5.68. The minimum atomic E-state index is -0.172. The first-order chi connectivity index (χ1) is 8.77. The molecule has 3 nitrogen and oxygen atoms in total. The van der Waals surface area contributed by atoms with Crippen LogP contribution in [0.1, 0.15) is 16.8 Å². The number of nitrogens with zero attached hydrogens (tertiary/aromatic N) is 1. The Morgan fingerprint density at radius 3 is 2.89 bits per heavy atom.